The predicted octanol–water partition coefficient (Wildman–Crippen LogP) is 2.50. The highest BCUT2D eigenvalue weighted by Crippen LogP contribution is 2.26. The number of likely N-dealkylation sites (N-methyl/N-ethyl adjacent to an activating group) is 1. The van der Waals surface area contributed by atoms with Gasteiger partial charge >= 0.3 is 0 Å². The highest BCUT2D eigenvalue weighted by Gasteiger charge is 2.21. The number of aryl methyl sites for hydroxylation is 1. The molecule has 1 heterocycles. The lowest BCUT2D eigenvalue weighted by molar-refractivity contribution is -0.00778. The van der Waals surface area contributed by atoms with Crippen molar-refractivity contribution in [1.82, 2.24) is 4.90 Å². The van der Waals surface area contributed by atoms with Crippen LogP contribution in [-0.4, -0.2) is 44.9 Å². The molecule has 118 valence electrons. The van der Waals surface area contributed by atoms with Crippen molar-refractivity contribution in [3.63, 3.8) is 0 Å². The summed E-state index contributed by atoms with van der Waals surface area (Å²) >= 11 is 0. The highest BCUT2D eigenvalue weighted by molar-refractivity contribution is 5.37. The molecule has 2 atom stereocenters. The predicted molar refractivity (Wildman–Crippen MR) is 85.7 cm³/mol. The van der Waals surface area contributed by atoms with Crippen LogP contribution in [0.15, 0.2) is 18.2 Å². The summed E-state index contributed by atoms with van der Waals surface area (Å²) in [5, 5.41) is 0. The van der Waals surface area contributed by atoms with Gasteiger partial charge in [-0.1, -0.05) is 12.1 Å². The molecule has 0 aromatic heterocycles. The van der Waals surface area contributed by atoms with Gasteiger partial charge in [0.1, 0.15) is 5.75 Å². The number of rotatable bonds is 6. The van der Waals surface area contributed by atoms with Crippen molar-refractivity contribution in [3.8, 4) is 5.75 Å². The molecule has 0 saturated carbocycles. The standard InChI is InChI=1S/C17H28N2O2/c1-13-10-14(7-8-17(13)20-3)16(11-18)19(2)12-15-6-4-5-9-21-15/h7-8,10,15-16H,4-6,9,11-12,18H2,1-3H3. The number of nitrogens with two attached hydrogens (primary N) is 1. The summed E-state index contributed by atoms with van der Waals surface area (Å²) in [6.07, 6.45) is 3.96. The van der Waals surface area contributed by atoms with E-state index in [-0.39, 0.29) is 6.04 Å². The van der Waals surface area contributed by atoms with Gasteiger partial charge in [-0.05, 0) is 50.4 Å². The minimum atomic E-state index is 0.222. The minimum absolute atomic E-state index is 0.222. The fraction of sp³-hybridized carbons (Fsp3) is 0.647. The van der Waals surface area contributed by atoms with Gasteiger partial charge in [-0.25, -0.2) is 0 Å². The Kier molecular flexibility index (Phi) is 6.03. The summed E-state index contributed by atoms with van der Waals surface area (Å²) in [7, 11) is 3.84. The smallest absolute Gasteiger partial charge is 0.121 e. The van der Waals surface area contributed by atoms with Crippen molar-refractivity contribution < 1.29 is 9.47 Å². The molecular weight excluding hydrogens is 264 g/mol. The van der Waals surface area contributed by atoms with E-state index in [9.17, 15) is 0 Å². The van der Waals surface area contributed by atoms with E-state index in [1.54, 1.807) is 7.11 Å². The first-order valence-corrected chi connectivity index (χ1v) is 7.82. The van der Waals surface area contributed by atoms with Crippen molar-refractivity contribution in [2.75, 3.05) is 33.9 Å². The molecule has 2 unspecified atom stereocenters. The molecule has 0 aliphatic carbocycles. The lowest BCUT2D eigenvalue weighted by atomic mass is 10.0. The molecule has 4 nitrogen and oxygen atoms in total. The van der Waals surface area contributed by atoms with Crippen molar-refractivity contribution in [1.29, 1.82) is 0 Å². The van der Waals surface area contributed by atoms with Crippen LogP contribution in [0.4, 0.5) is 0 Å². The molecule has 1 aromatic carbocycles. The van der Waals surface area contributed by atoms with Crippen LogP contribution in [-0.2, 0) is 4.74 Å². The number of hydrogen-bond donors (Lipinski definition) is 1. The third kappa shape index (κ3) is 4.19. The van der Waals surface area contributed by atoms with Crippen LogP contribution in [0.25, 0.3) is 0 Å². The monoisotopic (exact) mass is 292 g/mol. The number of hydrogen-bond acceptors (Lipinski definition) is 4. The second kappa shape index (κ2) is 7.78. The maximum atomic E-state index is 6.02. The summed E-state index contributed by atoms with van der Waals surface area (Å²) in [4.78, 5) is 2.32. The number of benzene rings is 1. The van der Waals surface area contributed by atoms with Crippen LogP contribution in [0, 0.1) is 6.92 Å². The average Bonchev–Trinajstić information content (AvgIpc) is 2.49. The van der Waals surface area contributed by atoms with Gasteiger partial charge < -0.3 is 15.2 Å². The Morgan fingerprint density at radius 1 is 1.43 bits per heavy atom. The normalized spacial score (nSPS) is 20.5. The summed E-state index contributed by atoms with van der Waals surface area (Å²) in [5.41, 5.74) is 8.41. The highest BCUT2D eigenvalue weighted by atomic mass is 16.5. The zero-order valence-electron chi connectivity index (χ0n) is 13.5. The van der Waals surface area contributed by atoms with E-state index in [1.807, 2.05) is 6.07 Å². The lowest BCUT2D eigenvalue weighted by Crippen LogP contribution is -2.38. The van der Waals surface area contributed by atoms with E-state index in [2.05, 4.69) is 31.0 Å². The second-order valence-electron chi connectivity index (χ2n) is 5.91. The van der Waals surface area contributed by atoms with Crippen molar-refractivity contribution in [2.24, 2.45) is 5.73 Å². The van der Waals surface area contributed by atoms with Crippen molar-refractivity contribution in [2.45, 2.75) is 38.3 Å². The minimum Gasteiger partial charge on any atom is -0.496 e. The van der Waals surface area contributed by atoms with Gasteiger partial charge in [-0.3, -0.25) is 4.90 Å². The van der Waals surface area contributed by atoms with Gasteiger partial charge in [-0.2, -0.15) is 0 Å². The summed E-state index contributed by atoms with van der Waals surface area (Å²) < 4.78 is 11.2. The number of ether oxygens (including phenoxy) is 2. The van der Waals surface area contributed by atoms with Crippen molar-refractivity contribution >= 4 is 0 Å². The molecule has 1 aliphatic rings. The van der Waals surface area contributed by atoms with Crippen LogP contribution in [0.3, 0.4) is 0 Å². The Hall–Kier alpha value is -1.10. The van der Waals surface area contributed by atoms with E-state index in [0.717, 1.165) is 30.9 Å². The molecule has 1 aliphatic heterocycles. The Balaban J connectivity index is 2.05. The molecule has 0 amide bonds. The molecule has 1 saturated heterocycles. The van der Waals surface area contributed by atoms with E-state index >= 15 is 0 Å². The SMILES string of the molecule is COc1ccc(C(CN)N(C)CC2CCCCO2)cc1C. The Labute approximate surface area is 128 Å². The summed E-state index contributed by atoms with van der Waals surface area (Å²) in [6, 6.07) is 6.54. The van der Waals surface area contributed by atoms with Gasteiger partial charge in [0, 0.05) is 25.7 Å². The van der Waals surface area contributed by atoms with Crippen LogP contribution in [0.5, 0.6) is 5.75 Å². The van der Waals surface area contributed by atoms with Crippen LogP contribution in [0.1, 0.15) is 36.4 Å². The maximum Gasteiger partial charge on any atom is 0.121 e. The number of methoxy groups -OCH3 is 1. The zero-order valence-corrected chi connectivity index (χ0v) is 13.5. The topological polar surface area (TPSA) is 47.7 Å². The van der Waals surface area contributed by atoms with E-state index in [4.69, 9.17) is 15.2 Å². The molecule has 0 bridgehead atoms. The van der Waals surface area contributed by atoms with E-state index in [1.165, 1.54) is 18.4 Å². The summed E-state index contributed by atoms with van der Waals surface area (Å²) in [6.45, 7) is 4.51. The first-order valence-electron chi connectivity index (χ1n) is 7.82. The fourth-order valence-electron chi connectivity index (χ4n) is 3.08. The van der Waals surface area contributed by atoms with E-state index in [0.29, 0.717) is 12.6 Å². The quantitative estimate of drug-likeness (QED) is 0.875. The third-order valence-corrected chi connectivity index (χ3v) is 4.32. The second-order valence-corrected chi connectivity index (χ2v) is 5.91. The average molecular weight is 292 g/mol. The molecule has 2 N–H and O–H groups in total. The first kappa shape index (κ1) is 16.3. The Bertz CT molecular complexity index is 444. The molecule has 21 heavy (non-hydrogen) atoms. The first-order chi connectivity index (χ1) is 10.2. The zero-order chi connectivity index (χ0) is 15.2. The van der Waals surface area contributed by atoms with Gasteiger partial charge in [0.25, 0.3) is 0 Å². The maximum absolute atomic E-state index is 6.02. The third-order valence-electron chi connectivity index (χ3n) is 4.32. The molecule has 1 aromatic rings. The van der Waals surface area contributed by atoms with Gasteiger partial charge in [0.05, 0.1) is 13.2 Å². The largest absolute Gasteiger partial charge is 0.496 e. The van der Waals surface area contributed by atoms with Crippen molar-refractivity contribution in [3.05, 3.63) is 29.3 Å². The fourth-order valence-corrected chi connectivity index (χ4v) is 3.08. The van der Waals surface area contributed by atoms with Crippen LogP contribution in [0.2, 0.25) is 0 Å². The Morgan fingerprint density at radius 3 is 2.81 bits per heavy atom. The number of nitrogens with zero attached hydrogens (tertiary/aromatic N) is 1. The lowest BCUT2D eigenvalue weighted by Gasteiger charge is -2.32. The summed E-state index contributed by atoms with van der Waals surface area (Å²) in [5.74, 6) is 0.924. The van der Waals surface area contributed by atoms with Gasteiger partial charge in [0.15, 0.2) is 0 Å². The van der Waals surface area contributed by atoms with Gasteiger partial charge in [0.2, 0.25) is 0 Å². The molecule has 0 spiro atoms. The Morgan fingerprint density at radius 2 is 2.24 bits per heavy atom. The molecule has 4 heteroatoms. The van der Waals surface area contributed by atoms with Crippen LogP contribution >= 0.6 is 0 Å². The molecular formula is C17H28N2O2. The molecule has 2 rings (SSSR count). The van der Waals surface area contributed by atoms with E-state index < -0.39 is 0 Å². The van der Waals surface area contributed by atoms with Gasteiger partial charge in [-0.15, -0.1) is 0 Å². The van der Waals surface area contributed by atoms with Crippen LogP contribution < -0.4 is 10.5 Å². The molecule has 1 fully saturated rings. The molecule has 0 radical (unpaired) electrons.